The lowest BCUT2D eigenvalue weighted by Gasteiger charge is -2.23. The second-order valence-corrected chi connectivity index (χ2v) is 5.02. The van der Waals surface area contributed by atoms with Crippen molar-refractivity contribution >= 4 is 0 Å². The zero-order valence-electron chi connectivity index (χ0n) is 10.7. The molecule has 1 aliphatic rings. The van der Waals surface area contributed by atoms with Gasteiger partial charge < -0.3 is 0 Å². The van der Waals surface area contributed by atoms with Crippen LogP contribution in [-0.4, -0.2) is 37.0 Å². The molecule has 0 saturated carbocycles. The minimum absolute atomic E-state index is 0.602. The third-order valence-corrected chi connectivity index (χ3v) is 3.60. The Bertz CT molecular complexity index is 487. The molecule has 0 N–H and O–H groups in total. The van der Waals surface area contributed by atoms with E-state index < -0.39 is 0 Å². The van der Waals surface area contributed by atoms with Crippen molar-refractivity contribution in [3.63, 3.8) is 0 Å². The summed E-state index contributed by atoms with van der Waals surface area (Å²) in [5.41, 5.74) is 1.30. The molecule has 5 nitrogen and oxygen atoms in total. The van der Waals surface area contributed by atoms with Gasteiger partial charge in [-0.1, -0.05) is 0 Å². The van der Waals surface area contributed by atoms with Crippen LogP contribution in [0, 0.1) is 0 Å². The van der Waals surface area contributed by atoms with Gasteiger partial charge in [-0.25, -0.2) is 0 Å². The van der Waals surface area contributed by atoms with Crippen LogP contribution in [0.5, 0.6) is 0 Å². The molecule has 1 unspecified atom stereocenters. The van der Waals surface area contributed by atoms with Crippen LogP contribution in [0.25, 0.3) is 0 Å². The smallest absolute Gasteiger partial charge is 0.0565 e. The molecule has 0 bridgehead atoms. The van der Waals surface area contributed by atoms with Gasteiger partial charge in [-0.15, -0.1) is 0 Å². The molecule has 0 amide bonds. The Morgan fingerprint density at radius 3 is 3.06 bits per heavy atom. The van der Waals surface area contributed by atoms with E-state index in [1.165, 1.54) is 24.9 Å². The highest BCUT2D eigenvalue weighted by molar-refractivity contribution is 5.04. The first kappa shape index (κ1) is 11.5. The van der Waals surface area contributed by atoms with Crippen molar-refractivity contribution in [2.24, 2.45) is 7.05 Å². The molecule has 1 saturated heterocycles. The molecule has 0 aliphatic carbocycles. The van der Waals surface area contributed by atoms with E-state index >= 15 is 0 Å². The molecule has 2 aromatic heterocycles. The molecule has 1 fully saturated rings. The first-order valence-corrected chi connectivity index (χ1v) is 6.50. The number of likely N-dealkylation sites (tertiary alicyclic amines) is 1. The first-order valence-electron chi connectivity index (χ1n) is 6.50. The van der Waals surface area contributed by atoms with Gasteiger partial charge in [0.25, 0.3) is 0 Å². The molecule has 3 heterocycles. The quantitative estimate of drug-likeness (QED) is 0.814. The Balaban J connectivity index is 1.64. The van der Waals surface area contributed by atoms with E-state index in [0.717, 1.165) is 13.1 Å². The van der Waals surface area contributed by atoms with Gasteiger partial charge in [0.05, 0.1) is 12.7 Å². The van der Waals surface area contributed by atoms with Gasteiger partial charge in [0.2, 0.25) is 0 Å². The van der Waals surface area contributed by atoms with Crippen molar-refractivity contribution in [2.45, 2.75) is 32.0 Å². The monoisotopic (exact) mass is 245 g/mol. The maximum absolute atomic E-state index is 4.30. The second kappa shape index (κ2) is 4.94. The van der Waals surface area contributed by atoms with Crippen molar-refractivity contribution in [2.75, 3.05) is 6.54 Å². The van der Waals surface area contributed by atoms with Gasteiger partial charge in [-0.2, -0.15) is 10.2 Å². The number of hydrogen-bond acceptors (Lipinski definition) is 3. The molecule has 0 spiro atoms. The minimum Gasteiger partial charge on any atom is -0.294 e. The fraction of sp³-hybridized carbons (Fsp3) is 0.538. The normalized spacial score (nSPS) is 20.6. The van der Waals surface area contributed by atoms with Crippen molar-refractivity contribution in [3.05, 3.63) is 36.4 Å². The van der Waals surface area contributed by atoms with E-state index in [-0.39, 0.29) is 0 Å². The Hall–Kier alpha value is -1.62. The van der Waals surface area contributed by atoms with Gasteiger partial charge in [-0.3, -0.25) is 14.3 Å². The van der Waals surface area contributed by atoms with Crippen LogP contribution < -0.4 is 0 Å². The molecule has 3 rings (SSSR count). The molecule has 96 valence electrons. The molecule has 2 aromatic rings. The van der Waals surface area contributed by atoms with Crippen LogP contribution in [0.15, 0.2) is 30.9 Å². The minimum atomic E-state index is 0.602. The van der Waals surface area contributed by atoms with Crippen LogP contribution >= 0.6 is 0 Å². The zero-order chi connectivity index (χ0) is 12.4. The predicted octanol–water partition coefficient (Wildman–Crippen LogP) is 1.28. The first-order chi connectivity index (χ1) is 8.81. The summed E-state index contributed by atoms with van der Waals surface area (Å²) in [6.07, 6.45) is 10.5. The lowest BCUT2D eigenvalue weighted by atomic mass is 10.2. The molecule has 1 aliphatic heterocycles. The second-order valence-electron chi connectivity index (χ2n) is 5.02. The lowest BCUT2D eigenvalue weighted by molar-refractivity contribution is 0.219. The zero-order valence-corrected chi connectivity index (χ0v) is 10.7. The number of aromatic nitrogens is 4. The van der Waals surface area contributed by atoms with Crippen LogP contribution in [0.4, 0.5) is 0 Å². The SMILES string of the molecule is Cn1cc(CN2CCCC2Cn2cccn2)cn1. The van der Waals surface area contributed by atoms with Gasteiger partial charge in [0.1, 0.15) is 0 Å². The summed E-state index contributed by atoms with van der Waals surface area (Å²) in [6.45, 7) is 3.17. The fourth-order valence-electron chi connectivity index (χ4n) is 2.72. The highest BCUT2D eigenvalue weighted by atomic mass is 15.3. The number of nitrogens with zero attached hydrogens (tertiary/aromatic N) is 5. The topological polar surface area (TPSA) is 38.9 Å². The highest BCUT2D eigenvalue weighted by Gasteiger charge is 2.25. The molecule has 0 radical (unpaired) electrons. The number of hydrogen-bond donors (Lipinski definition) is 0. The number of rotatable bonds is 4. The van der Waals surface area contributed by atoms with Gasteiger partial charge in [-0.05, 0) is 25.5 Å². The fourth-order valence-corrected chi connectivity index (χ4v) is 2.72. The van der Waals surface area contributed by atoms with Crippen LogP contribution in [-0.2, 0) is 20.1 Å². The van der Waals surface area contributed by atoms with Crippen LogP contribution in [0.2, 0.25) is 0 Å². The van der Waals surface area contributed by atoms with Crippen molar-refractivity contribution < 1.29 is 0 Å². The van der Waals surface area contributed by atoms with E-state index in [1.54, 1.807) is 0 Å². The van der Waals surface area contributed by atoms with Crippen LogP contribution in [0.1, 0.15) is 18.4 Å². The summed E-state index contributed by atoms with van der Waals surface area (Å²) >= 11 is 0. The van der Waals surface area contributed by atoms with Gasteiger partial charge in [0.15, 0.2) is 0 Å². The van der Waals surface area contributed by atoms with E-state index in [1.807, 2.05) is 41.1 Å². The van der Waals surface area contributed by atoms with E-state index in [0.29, 0.717) is 6.04 Å². The summed E-state index contributed by atoms with van der Waals surface area (Å²) in [7, 11) is 1.97. The molecule has 18 heavy (non-hydrogen) atoms. The largest absolute Gasteiger partial charge is 0.294 e. The lowest BCUT2D eigenvalue weighted by Crippen LogP contribution is -2.32. The van der Waals surface area contributed by atoms with Crippen molar-refractivity contribution in [3.8, 4) is 0 Å². The Labute approximate surface area is 107 Å². The standard InChI is InChI=1S/C13H19N5/c1-16-9-12(8-15-16)10-17-6-2-4-13(17)11-18-7-3-5-14-18/h3,5,7-9,13H,2,4,6,10-11H2,1H3. The van der Waals surface area contributed by atoms with E-state index in [2.05, 4.69) is 21.3 Å². The average Bonchev–Trinajstić information content (AvgIpc) is 3.05. The summed E-state index contributed by atoms with van der Waals surface area (Å²) in [5.74, 6) is 0. The Kier molecular flexibility index (Phi) is 3.15. The molecular formula is C13H19N5. The summed E-state index contributed by atoms with van der Waals surface area (Å²) in [4.78, 5) is 2.54. The number of aryl methyl sites for hydroxylation is 1. The third-order valence-electron chi connectivity index (χ3n) is 3.60. The van der Waals surface area contributed by atoms with E-state index in [9.17, 15) is 0 Å². The summed E-state index contributed by atoms with van der Waals surface area (Å²) < 4.78 is 3.90. The average molecular weight is 245 g/mol. The van der Waals surface area contributed by atoms with Gasteiger partial charge in [0, 0.05) is 43.8 Å². The maximum atomic E-state index is 4.30. The summed E-state index contributed by atoms with van der Waals surface area (Å²) in [5, 5.41) is 8.53. The Morgan fingerprint density at radius 1 is 1.39 bits per heavy atom. The van der Waals surface area contributed by atoms with Gasteiger partial charge >= 0.3 is 0 Å². The summed E-state index contributed by atoms with van der Waals surface area (Å²) in [6, 6.07) is 2.59. The molecular weight excluding hydrogens is 226 g/mol. The molecule has 5 heteroatoms. The highest BCUT2D eigenvalue weighted by Crippen LogP contribution is 2.21. The van der Waals surface area contributed by atoms with E-state index in [4.69, 9.17) is 0 Å². The van der Waals surface area contributed by atoms with Crippen LogP contribution in [0.3, 0.4) is 0 Å². The predicted molar refractivity (Wildman–Crippen MR) is 68.9 cm³/mol. The van der Waals surface area contributed by atoms with Crippen molar-refractivity contribution in [1.82, 2.24) is 24.5 Å². The Morgan fingerprint density at radius 2 is 2.33 bits per heavy atom. The third kappa shape index (κ3) is 2.46. The molecule has 0 aromatic carbocycles. The molecule has 1 atom stereocenters. The van der Waals surface area contributed by atoms with Crippen molar-refractivity contribution in [1.29, 1.82) is 0 Å². The maximum Gasteiger partial charge on any atom is 0.0565 e.